The number of aryl methyl sites for hydroxylation is 1. The number of amides is 1. The van der Waals surface area contributed by atoms with E-state index in [9.17, 15) is 9.59 Å². The van der Waals surface area contributed by atoms with E-state index < -0.39 is 11.6 Å². The molecule has 0 fully saturated rings. The molecule has 0 bridgehead atoms. The van der Waals surface area contributed by atoms with Gasteiger partial charge in [0.25, 0.3) is 5.91 Å². The molecule has 5 nitrogen and oxygen atoms in total. The second-order valence-corrected chi connectivity index (χ2v) is 5.42. The summed E-state index contributed by atoms with van der Waals surface area (Å²) < 4.78 is 5.05. The fourth-order valence-corrected chi connectivity index (χ4v) is 2.20. The number of thiophene rings is 1. The number of aromatic carboxylic acids is 1. The molecule has 1 amide bonds. The second-order valence-electron chi connectivity index (χ2n) is 4.28. The van der Waals surface area contributed by atoms with Crippen LogP contribution in [0.25, 0.3) is 0 Å². The molecule has 0 aliphatic carbocycles. The van der Waals surface area contributed by atoms with E-state index in [0.29, 0.717) is 5.00 Å². The highest BCUT2D eigenvalue weighted by molar-refractivity contribution is 7.16. The van der Waals surface area contributed by atoms with Gasteiger partial charge in [0.05, 0.1) is 5.56 Å². The minimum Gasteiger partial charge on any atom is -0.478 e. The van der Waals surface area contributed by atoms with Gasteiger partial charge in [-0.1, -0.05) is 6.92 Å². The number of hydrogen-bond donors (Lipinski definition) is 2. The molecule has 18 heavy (non-hydrogen) atoms. The van der Waals surface area contributed by atoms with Crippen molar-refractivity contribution in [3.05, 3.63) is 16.5 Å². The number of carbonyl (C=O) groups excluding carboxylic acids is 1. The quantitative estimate of drug-likeness (QED) is 0.862. The predicted molar refractivity (Wildman–Crippen MR) is 70.4 cm³/mol. The molecule has 1 aromatic heterocycles. The van der Waals surface area contributed by atoms with Crippen LogP contribution in [-0.2, 0) is 16.0 Å². The Morgan fingerprint density at radius 1 is 1.50 bits per heavy atom. The average molecular weight is 271 g/mol. The Hall–Kier alpha value is -1.40. The highest BCUT2D eigenvalue weighted by atomic mass is 32.1. The second kappa shape index (κ2) is 5.49. The number of carboxylic acid groups (broad SMARTS) is 1. The number of nitrogens with one attached hydrogen (secondary N) is 1. The third-order valence-corrected chi connectivity index (χ3v) is 3.84. The molecular formula is C12H17NO4S. The fraction of sp³-hybridized carbons (Fsp3) is 0.500. The summed E-state index contributed by atoms with van der Waals surface area (Å²) in [4.78, 5) is 23.9. The minimum atomic E-state index is -1.04. The zero-order chi connectivity index (χ0) is 13.9. The zero-order valence-corrected chi connectivity index (χ0v) is 11.7. The molecule has 0 saturated heterocycles. The monoisotopic (exact) mass is 271 g/mol. The highest BCUT2D eigenvalue weighted by Gasteiger charge is 2.28. The van der Waals surface area contributed by atoms with Crippen molar-refractivity contribution >= 4 is 28.2 Å². The van der Waals surface area contributed by atoms with E-state index in [1.807, 2.05) is 6.92 Å². The van der Waals surface area contributed by atoms with Crippen molar-refractivity contribution in [3.63, 3.8) is 0 Å². The Kier molecular flexibility index (Phi) is 4.48. The van der Waals surface area contributed by atoms with Crippen LogP contribution in [0.1, 0.15) is 36.0 Å². The number of hydrogen-bond acceptors (Lipinski definition) is 4. The van der Waals surface area contributed by atoms with Crippen molar-refractivity contribution in [2.75, 3.05) is 12.4 Å². The molecule has 1 rings (SSSR count). The van der Waals surface area contributed by atoms with Gasteiger partial charge in [0.15, 0.2) is 0 Å². The fourth-order valence-electron chi connectivity index (χ4n) is 1.21. The van der Waals surface area contributed by atoms with Gasteiger partial charge in [0.1, 0.15) is 10.6 Å². The molecule has 1 aromatic rings. The smallest absolute Gasteiger partial charge is 0.338 e. The largest absolute Gasteiger partial charge is 0.478 e. The first-order valence-electron chi connectivity index (χ1n) is 5.54. The molecule has 0 unspecified atom stereocenters. The lowest BCUT2D eigenvalue weighted by Gasteiger charge is -2.21. The van der Waals surface area contributed by atoms with Crippen molar-refractivity contribution in [2.24, 2.45) is 0 Å². The molecule has 0 aromatic carbocycles. The van der Waals surface area contributed by atoms with E-state index in [0.717, 1.165) is 11.3 Å². The van der Waals surface area contributed by atoms with Crippen molar-refractivity contribution in [1.82, 2.24) is 0 Å². The lowest BCUT2D eigenvalue weighted by atomic mass is 10.1. The van der Waals surface area contributed by atoms with Crippen LogP contribution in [0.4, 0.5) is 5.00 Å². The van der Waals surface area contributed by atoms with Crippen molar-refractivity contribution < 1.29 is 19.4 Å². The van der Waals surface area contributed by atoms with Gasteiger partial charge in [0.2, 0.25) is 0 Å². The molecular weight excluding hydrogens is 254 g/mol. The Morgan fingerprint density at radius 2 is 2.11 bits per heavy atom. The first-order chi connectivity index (χ1) is 8.31. The van der Waals surface area contributed by atoms with Crippen molar-refractivity contribution in [1.29, 1.82) is 0 Å². The lowest BCUT2D eigenvalue weighted by Crippen LogP contribution is -2.38. The van der Waals surface area contributed by atoms with Crippen LogP contribution < -0.4 is 5.32 Å². The summed E-state index contributed by atoms with van der Waals surface area (Å²) in [5, 5.41) is 12.0. The van der Waals surface area contributed by atoms with Crippen LogP contribution in [0.5, 0.6) is 0 Å². The molecule has 0 aliphatic rings. The molecule has 0 saturated carbocycles. The topological polar surface area (TPSA) is 75.6 Å². The first kappa shape index (κ1) is 14.7. The summed E-state index contributed by atoms with van der Waals surface area (Å²) >= 11 is 1.27. The van der Waals surface area contributed by atoms with Crippen molar-refractivity contribution in [2.45, 2.75) is 32.8 Å². The summed E-state index contributed by atoms with van der Waals surface area (Å²) in [7, 11) is 1.43. The Labute approximate surface area is 110 Å². The van der Waals surface area contributed by atoms with Gasteiger partial charge >= 0.3 is 5.97 Å². The van der Waals surface area contributed by atoms with Crippen LogP contribution in [0.2, 0.25) is 0 Å². The molecule has 100 valence electrons. The van der Waals surface area contributed by atoms with Crippen LogP contribution in [0.15, 0.2) is 6.07 Å². The van der Waals surface area contributed by atoms with E-state index in [1.165, 1.54) is 18.4 Å². The van der Waals surface area contributed by atoms with Gasteiger partial charge in [-0.3, -0.25) is 4.79 Å². The third kappa shape index (κ3) is 3.08. The third-order valence-electron chi connectivity index (χ3n) is 2.65. The normalized spacial score (nSPS) is 11.3. The van der Waals surface area contributed by atoms with E-state index in [1.54, 1.807) is 19.9 Å². The van der Waals surface area contributed by atoms with Crippen molar-refractivity contribution in [3.8, 4) is 0 Å². The number of anilines is 1. The number of carbonyl (C=O) groups is 2. The maximum Gasteiger partial charge on any atom is 0.338 e. The molecule has 1 heterocycles. The summed E-state index contributed by atoms with van der Waals surface area (Å²) in [5.41, 5.74) is -0.872. The van der Waals surface area contributed by atoms with Gasteiger partial charge in [-0.2, -0.15) is 0 Å². The number of carboxylic acids is 1. The standard InChI is InChI=1S/C12H17NO4S/c1-5-7-6-8(10(14)15)9(18-7)13-11(16)12(2,3)17-4/h6H,5H2,1-4H3,(H,13,16)(H,14,15). The molecule has 6 heteroatoms. The first-order valence-corrected chi connectivity index (χ1v) is 6.36. The van der Waals surface area contributed by atoms with Crippen LogP contribution >= 0.6 is 11.3 Å². The van der Waals surface area contributed by atoms with E-state index in [2.05, 4.69) is 5.32 Å². The Bertz CT molecular complexity index is 465. The molecule has 0 aliphatic heterocycles. The lowest BCUT2D eigenvalue weighted by molar-refractivity contribution is -0.133. The van der Waals surface area contributed by atoms with Crippen LogP contribution in [-0.4, -0.2) is 29.7 Å². The minimum absolute atomic E-state index is 0.122. The zero-order valence-electron chi connectivity index (χ0n) is 10.9. The Morgan fingerprint density at radius 3 is 2.56 bits per heavy atom. The average Bonchev–Trinajstić information content (AvgIpc) is 2.72. The van der Waals surface area contributed by atoms with E-state index in [-0.39, 0.29) is 11.5 Å². The molecule has 2 N–H and O–H groups in total. The predicted octanol–water partition coefficient (Wildman–Crippen LogP) is 2.37. The van der Waals surface area contributed by atoms with Gasteiger partial charge in [-0.05, 0) is 26.3 Å². The van der Waals surface area contributed by atoms with Gasteiger partial charge < -0.3 is 15.2 Å². The molecule has 0 atom stereocenters. The molecule has 0 radical (unpaired) electrons. The maximum absolute atomic E-state index is 11.9. The van der Waals surface area contributed by atoms with Crippen LogP contribution in [0.3, 0.4) is 0 Å². The Balaban J connectivity index is 3.00. The number of rotatable bonds is 5. The summed E-state index contributed by atoms with van der Waals surface area (Å²) in [6, 6.07) is 1.59. The number of methoxy groups -OCH3 is 1. The summed E-state index contributed by atoms with van der Waals surface area (Å²) in [5.74, 6) is -1.41. The maximum atomic E-state index is 11.9. The van der Waals surface area contributed by atoms with E-state index in [4.69, 9.17) is 9.84 Å². The van der Waals surface area contributed by atoms with Gasteiger partial charge in [-0.25, -0.2) is 4.79 Å². The number of ether oxygens (including phenoxy) is 1. The van der Waals surface area contributed by atoms with Crippen LogP contribution in [0, 0.1) is 0 Å². The highest BCUT2D eigenvalue weighted by Crippen LogP contribution is 2.29. The summed E-state index contributed by atoms with van der Waals surface area (Å²) in [6.45, 7) is 5.18. The van der Waals surface area contributed by atoms with Gasteiger partial charge in [-0.15, -0.1) is 11.3 Å². The molecule has 0 spiro atoms. The van der Waals surface area contributed by atoms with E-state index >= 15 is 0 Å². The van der Waals surface area contributed by atoms with Gasteiger partial charge in [0, 0.05) is 12.0 Å². The SMILES string of the molecule is CCc1cc(C(=O)O)c(NC(=O)C(C)(C)OC)s1. The summed E-state index contributed by atoms with van der Waals surface area (Å²) in [6.07, 6.45) is 0.731.